The second-order valence-corrected chi connectivity index (χ2v) is 5.83. The molecule has 0 bridgehead atoms. The van der Waals surface area contributed by atoms with Gasteiger partial charge in [0.15, 0.2) is 5.82 Å². The summed E-state index contributed by atoms with van der Waals surface area (Å²) in [6, 6.07) is 7.30. The number of aliphatic hydroxyl groups excluding tert-OH is 1. The number of rotatable bonds is 5. The second-order valence-electron chi connectivity index (χ2n) is 5.83. The summed E-state index contributed by atoms with van der Waals surface area (Å²) in [4.78, 5) is 14.3. The molecule has 0 aliphatic carbocycles. The molecule has 3 rings (SSSR count). The number of ether oxygens (including phenoxy) is 1. The van der Waals surface area contributed by atoms with Gasteiger partial charge in [-0.15, -0.1) is 5.10 Å². The fraction of sp³-hybridized carbons (Fsp3) is 0.500. The lowest BCUT2D eigenvalue weighted by Gasteiger charge is -2.28. The van der Waals surface area contributed by atoms with Crippen LogP contribution >= 0.6 is 0 Å². The van der Waals surface area contributed by atoms with Crippen molar-refractivity contribution in [1.29, 1.82) is 0 Å². The predicted molar refractivity (Wildman–Crippen MR) is 85.6 cm³/mol. The zero-order valence-electron chi connectivity index (χ0n) is 13.8. The van der Waals surface area contributed by atoms with Crippen LogP contribution in [-0.2, 0) is 16.0 Å². The summed E-state index contributed by atoms with van der Waals surface area (Å²) in [6.07, 6.45) is -0.328. The number of nitrogens with zero attached hydrogens (tertiary/aromatic N) is 5. The molecule has 0 unspecified atom stereocenters. The van der Waals surface area contributed by atoms with Gasteiger partial charge < -0.3 is 14.7 Å². The standard InChI is InChI=1S/C16H21N5O3/c1-3-20(14-9-24-10-15(14)22)16(23)8-12-4-6-13(7-5-12)21-11(2)17-18-19-21/h4-7,14-15,22H,3,8-10H2,1-2H3/t14-,15-/m1/s1. The van der Waals surface area contributed by atoms with Crippen LogP contribution < -0.4 is 0 Å². The Kier molecular flexibility index (Phi) is 4.86. The van der Waals surface area contributed by atoms with Crippen LogP contribution in [0.5, 0.6) is 0 Å². The van der Waals surface area contributed by atoms with E-state index in [0.717, 1.165) is 11.3 Å². The van der Waals surface area contributed by atoms with Crippen LogP contribution in [0.2, 0.25) is 0 Å². The highest BCUT2D eigenvalue weighted by atomic mass is 16.5. The van der Waals surface area contributed by atoms with Crippen molar-refractivity contribution in [3.8, 4) is 5.69 Å². The lowest BCUT2D eigenvalue weighted by atomic mass is 10.1. The third kappa shape index (κ3) is 3.29. The number of aryl methyl sites for hydroxylation is 1. The fourth-order valence-corrected chi connectivity index (χ4v) is 2.93. The molecule has 8 nitrogen and oxygen atoms in total. The normalized spacial score (nSPS) is 20.3. The molecule has 24 heavy (non-hydrogen) atoms. The Hall–Kier alpha value is -2.32. The van der Waals surface area contributed by atoms with Crippen LogP contribution in [0.15, 0.2) is 24.3 Å². The monoisotopic (exact) mass is 331 g/mol. The van der Waals surface area contributed by atoms with Gasteiger partial charge >= 0.3 is 0 Å². The first-order valence-electron chi connectivity index (χ1n) is 7.99. The molecule has 0 spiro atoms. The molecule has 1 fully saturated rings. The van der Waals surface area contributed by atoms with E-state index >= 15 is 0 Å². The highest BCUT2D eigenvalue weighted by Crippen LogP contribution is 2.16. The van der Waals surface area contributed by atoms with Crippen molar-refractivity contribution in [2.75, 3.05) is 19.8 Å². The number of carbonyl (C=O) groups is 1. The third-order valence-electron chi connectivity index (χ3n) is 4.24. The minimum Gasteiger partial charge on any atom is -0.388 e. The number of carbonyl (C=O) groups excluding carboxylic acids is 1. The second kappa shape index (κ2) is 7.06. The summed E-state index contributed by atoms with van der Waals surface area (Å²) in [6.45, 7) is 4.95. The van der Waals surface area contributed by atoms with Crippen LogP contribution in [-0.4, -0.2) is 68.0 Å². The Labute approximate surface area is 140 Å². The maximum Gasteiger partial charge on any atom is 0.227 e. The Morgan fingerprint density at radius 2 is 2.12 bits per heavy atom. The zero-order valence-corrected chi connectivity index (χ0v) is 13.8. The van der Waals surface area contributed by atoms with E-state index in [9.17, 15) is 9.90 Å². The van der Waals surface area contributed by atoms with E-state index in [2.05, 4.69) is 15.5 Å². The molecule has 1 aliphatic heterocycles. The Morgan fingerprint density at radius 3 is 2.67 bits per heavy atom. The summed E-state index contributed by atoms with van der Waals surface area (Å²) < 4.78 is 6.89. The summed E-state index contributed by atoms with van der Waals surface area (Å²) in [5, 5.41) is 21.3. The molecule has 1 aromatic heterocycles. The van der Waals surface area contributed by atoms with Gasteiger partial charge in [-0.1, -0.05) is 12.1 Å². The number of tetrazole rings is 1. The van der Waals surface area contributed by atoms with Gasteiger partial charge in [-0.2, -0.15) is 4.68 Å². The van der Waals surface area contributed by atoms with Crippen LogP contribution in [0.3, 0.4) is 0 Å². The minimum absolute atomic E-state index is 0.0154. The van der Waals surface area contributed by atoms with Gasteiger partial charge in [0.2, 0.25) is 5.91 Å². The average molecular weight is 331 g/mol. The van der Waals surface area contributed by atoms with Crippen molar-refractivity contribution in [2.24, 2.45) is 0 Å². The number of aliphatic hydroxyl groups is 1. The first-order chi connectivity index (χ1) is 11.6. The van der Waals surface area contributed by atoms with Gasteiger partial charge in [0.05, 0.1) is 37.5 Å². The molecule has 2 atom stereocenters. The summed E-state index contributed by atoms with van der Waals surface area (Å²) >= 11 is 0. The summed E-state index contributed by atoms with van der Waals surface area (Å²) in [5.74, 6) is 0.685. The average Bonchev–Trinajstić information content (AvgIpc) is 3.18. The van der Waals surface area contributed by atoms with Crippen LogP contribution in [0.1, 0.15) is 18.3 Å². The van der Waals surface area contributed by atoms with E-state index in [1.165, 1.54) is 0 Å². The topological polar surface area (TPSA) is 93.4 Å². The number of hydrogen-bond donors (Lipinski definition) is 1. The minimum atomic E-state index is -0.612. The molecular formula is C16H21N5O3. The summed E-state index contributed by atoms with van der Waals surface area (Å²) in [5.41, 5.74) is 1.75. The summed E-state index contributed by atoms with van der Waals surface area (Å²) in [7, 11) is 0. The molecule has 0 saturated carbocycles. The number of amides is 1. The lowest BCUT2D eigenvalue weighted by Crippen LogP contribution is -2.47. The highest BCUT2D eigenvalue weighted by Gasteiger charge is 2.33. The molecule has 2 aromatic rings. The van der Waals surface area contributed by atoms with Crippen LogP contribution in [0.25, 0.3) is 5.69 Å². The van der Waals surface area contributed by atoms with Gasteiger partial charge in [-0.3, -0.25) is 4.79 Å². The van der Waals surface area contributed by atoms with Crippen molar-refractivity contribution in [1.82, 2.24) is 25.1 Å². The van der Waals surface area contributed by atoms with Crippen LogP contribution in [0, 0.1) is 6.92 Å². The van der Waals surface area contributed by atoms with Crippen molar-refractivity contribution < 1.29 is 14.6 Å². The van der Waals surface area contributed by atoms with Gasteiger partial charge in [0, 0.05) is 6.54 Å². The molecule has 1 aliphatic rings. The molecule has 2 heterocycles. The van der Waals surface area contributed by atoms with Gasteiger partial charge in [0.1, 0.15) is 0 Å². The molecule has 1 aromatic carbocycles. The number of likely N-dealkylation sites (N-methyl/N-ethyl adjacent to an activating group) is 1. The number of aromatic nitrogens is 4. The Bertz CT molecular complexity index is 700. The SMILES string of the molecule is CCN(C(=O)Cc1ccc(-n2nnnc2C)cc1)[C@@H]1COC[C@H]1O. The molecule has 1 saturated heterocycles. The smallest absolute Gasteiger partial charge is 0.227 e. The first-order valence-corrected chi connectivity index (χ1v) is 7.99. The van der Waals surface area contributed by atoms with Crippen molar-refractivity contribution >= 4 is 5.91 Å². The van der Waals surface area contributed by atoms with E-state index in [1.807, 2.05) is 38.1 Å². The van der Waals surface area contributed by atoms with Gasteiger partial charge in [-0.25, -0.2) is 0 Å². The van der Waals surface area contributed by atoms with Crippen molar-refractivity contribution in [3.05, 3.63) is 35.7 Å². The molecule has 1 N–H and O–H groups in total. The fourth-order valence-electron chi connectivity index (χ4n) is 2.93. The molecular weight excluding hydrogens is 310 g/mol. The quantitative estimate of drug-likeness (QED) is 0.836. The number of hydrogen-bond acceptors (Lipinski definition) is 6. The lowest BCUT2D eigenvalue weighted by molar-refractivity contribution is -0.134. The molecule has 128 valence electrons. The van der Waals surface area contributed by atoms with Gasteiger partial charge in [-0.05, 0) is 42.0 Å². The van der Waals surface area contributed by atoms with Crippen LogP contribution in [0.4, 0.5) is 0 Å². The van der Waals surface area contributed by atoms with E-state index < -0.39 is 6.10 Å². The molecule has 0 radical (unpaired) electrons. The van der Waals surface area contributed by atoms with E-state index in [-0.39, 0.29) is 25.0 Å². The van der Waals surface area contributed by atoms with Crippen molar-refractivity contribution in [3.63, 3.8) is 0 Å². The Morgan fingerprint density at radius 1 is 1.38 bits per heavy atom. The zero-order chi connectivity index (χ0) is 17.1. The molecule has 8 heteroatoms. The highest BCUT2D eigenvalue weighted by molar-refractivity contribution is 5.79. The van der Waals surface area contributed by atoms with Crippen molar-refractivity contribution in [2.45, 2.75) is 32.4 Å². The largest absolute Gasteiger partial charge is 0.388 e. The maximum atomic E-state index is 12.6. The van der Waals surface area contributed by atoms with E-state index in [1.54, 1.807) is 9.58 Å². The third-order valence-corrected chi connectivity index (χ3v) is 4.24. The van der Waals surface area contributed by atoms with Gasteiger partial charge in [0.25, 0.3) is 0 Å². The predicted octanol–water partition coefficient (Wildman–Crippen LogP) is 0.121. The van der Waals surface area contributed by atoms with E-state index in [0.29, 0.717) is 19.0 Å². The Balaban J connectivity index is 1.69. The maximum absolute atomic E-state index is 12.6. The molecule has 1 amide bonds. The first kappa shape index (κ1) is 16.5. The number of benzene rings is 1. The van der Waals surface area contributed by atoms with E-state index in [4.69, 9.17) is 4.74 Å².